The van der Waals surface area contributed by atoms with Gasteiger partial charge < -0.3 is 10.6 Å². The van der Waals surface area contributed by atoms with Crippen LogP contribution in [0.5, 0.6) is 0 Å². The van der Waals surface area contributed by atoms with Crippen LogP contribution in [0.15, 0.2) is 48.5 Å². The Morgan fingerprint density at radius 3 is 2.67 bits per heavy atom. The normalized spacial score (nSPS) is 12.0. The predicted octanol–water partition coefficient (Wildman–Crippen LogP) is 3.29. The van der Waals surface area contributed by atoms with Crippen molar-refractivity contribution < 1.29 is 9.18 Å². The molecule has 2 rings (SSSR count). The summed E-state index contributed by atoms with van der Waals surface area (Å²) in [5.41, 5.74) is 2.46. The van der Waals surface area contributed by atoms with Gasteiger partial charge in [0.2, 0.25) is 5.91 Å². The standard InChI is InChI=1S/C17H19FN2O/c1-12(19-2)15-8-3-4-9-16(15)20-17(21)11-13-6-5-7-14(18)10-13/h3-10,12,19H,11H2,1-2H3,(H,20,21). The van der Waals surface area contributed by atoms with Crippen LogP contribution in [0.3, 0.4) is 0 Å². The summed E-state index contributed by atoms with van der Waals surface area (Å²) >= 11 is 0. The first-order valence-electron chi connectivity index (χ1n) is 6.90. The van der Waals surface area contributed by atoms with Crippen LogP contribution >= 0.6 is 0 Å². The van der Waals surface area contributed by atoms with Gasteiger partial charge in [-0.1, -0.05) is 30.3 Å². The van der Waals surface area contributed by atoms with Crippen LogP contribution in [-0.2, 0) is 11.2 Å². The molecule has 4 heteroatoms. The number of para-hydroxylation sites is 1. The van der Waals surface area contributed by atoms with E-state index < -0.39 is 0 Å². The van der Waals surface area contributed by atoms with Crippen LogP contribution in [-0.4, -0.2) is 13.0 Å². The van der Waals surface area contributed by atoms with Gasteiger partial charge in [0.25, 0.3) is 0 Å². The van der Waals surface area contributed by atoms with Gasteiger partial charge in [0.05, 0.1) is 6.42 Å². The maximum absolute atomic E-state index is 13.1. The number of benzene rings is 2. The molecule has 1 unspecified atom stereocenters. The molecule has 0 bridgehead atoms. The second-order valence-corrected chi connectivity index (χ2v) is 4.95. The Labute approximate surface area is 124 Å². The second-order valence-electron chi connectivity index (χ2n) is 4.95. The average Bonchev–Trinajstić information content (AvgIpc) is 2.47. The Morgan fingerprint density at radius 2 is 1.95 bits per heavy atom. The van der Waals surface area contributed by atoms with Gasteiger partial charge in [-0.05, 0) is 43.3 Å². The van der Waals surface area contributed by atoms with Crippen molar-refractivity contribution in [3.8, 4) is 0 Å². The van der Waals surface area contributed by atoms with E-state index in [-0.39, 0.29) is 24.2 Å². The summed E-state index contributed by atoms with van der Waals surface area (Å²) in [6.07, 6.45) is 0.153. The highest BCUT2D eigenvalue weighted by Crippen LogP contribution is 2.22. The number of hydrogen-bond acceptors (Lipinski definition) is 2. The molecule has 0 saturated carbocycles. The molecule has 0 heterocycles. The first-order valence-corrected chi connectivity index (χ1v) is 6.90. The van der Waals surface area contributed by atoms with Crippen molar-refractivity contribution >= 4 is 11.6 Å². The van der Waals surface area contributed by atoms with Gasteiger partial charge >= 0.3 is 0 Å². The molecular formula is C17H19FN2O. The van der Waals surface area contributed by atoms with Gasteiger partial charge in [0, 0.05) is 11.7 Å². The monoisotopic (exact) mass is 286 g/mol. The zero-order valence-corrected chi connectivity index (χ0v) is 12.2. The first-order chi connectivity index (χ1) is 10.1. The number of hydrogen-bond donors (Lipinski definition) is 2. The number of carbonyl (C=O) groups is 1. The molecular weight excluding hydrogens is 267 g/mol. The van der Waals surface area contributed by atoms with Gasteiger partial charge in [0.15, 0.2) is 0 Å². The number of anilines is 1. The van der Waals surface area contributed by atoms with Crippen LogP contribution in [0.1, 0.15) is 24.1 Å². The Balaban J connectivity index is 2.09. The molecule has 1 amide bonds. The summed E-state index contributed by atoms with van der Waals surface area (Å²) < 4.78 is 13.1. The fourth-order valence-corrected chi connectivity index (χ4v) is 2.17. The molecule has 1 atom stereocenters. The Kier molecular flexibility index (Phi) is 5.06. The zero-order chi connectivity index (χ0) is 15.2. The number of rotatable bonds is 5. The minimum atomic E-state index is -0.329. The van der Waals surface area contributed by atoms with E-state index in [0.29, 0.717) is 5.56 Å². The van der Waals surface area contributed by atoms with Crippen molar-refractivity contribution in [2.45, 2.75) is 19.4 Å². The van der Waals surface area contributed by atoms with Gasteiger partial charge in [-0.25, -0.2) is 4.39 Å². The van der Waals surface area contributed by atoms with Crippen molar-refractivity contribution in [2.75, 3.05) is 12.4 Å². The fourth-order valence-electron chi connectivity index (χ4n) is 2.17. The summed E-state index contributed by atoms with van der Waals surface area (Å²) in [4.78, 5) is 12.1. The van der Waals surface area contributed by atoms with E-state index in [9.17, 15) is 9.18 Å². The average molecular weight is 286 g/mol. The highest BCUT2D eigenvalue weighted by Gasteiger charge is 2.11. The van der Waals surface area contributed by atoms with E-state index in [2.05, 4.69) is 10.6 Å². The smallest absolute Gasteiger partial charge is 0.228 e. The molecule has 2 aromatic rings. The van der Waals surface area contributed by atoms with E-state index in [1.54, 1.807) is 12.1 Å². The van der Waals surface area contributed by atoms with Crippen molar-refractivity contribution in [3.05, 3.63) is 65.5 Å². The maximum Gasteiger partial charge on any atom is 0.228 e. The fraction of sp³-hybridized carbons (Fsp3) is 0.235. The van der Waals surface area contributed by atoms with Gasteiger partial charge in [-0.15, -0.1) is 0 Å². The van der Waals surface area contributed by atoms with E-state index in [1.807, 2.05) is 38.2 Å². The summed E-state index contributed by atoms with van der Waals surface area (Å²) in [5, 5.41) is 6.04. The maximum atomic E-state index is 13.1. The Morgan fingerprint density at radius 1 is 1.19 bits per heavy atom. The second kappa shape index (κ2) is 6.99. The van der Waals surface area contributed by atoms with Crippen LogP contribution in [0.2, 0.25) is 0 Å². The first kappa shape index (κ1) is 15.2. The Hall–Kier alpha value is -2.20. The van der Waals surface area contributed by atoms with Crippen molar-refractivity contribution in [1.82, 2.24) is 5.32 Å². The zero-order valence-electron chi connectivity index (χ0n) is 12.2. The van der Waals surface area contributed by atoms with Gasteiger partial charge in [-0.2, -0.15) is 0 Å². The lowest BCUT2D eigenvalue weighted by Gasteiger charge is -2.16. The number of nitrogens with one attached hydrogen (secondary N) is 2. The minimum Gasteiger partial charge on any atom is -0.325 e. The molecule has 2 aromatic carbocycles. The summed E-state index contributed by atoms with van der Waals surface area (Å²) in [5.74, 6) is -0.485. The lowest BCUT2D eigenvalue weighted by Crippen LogP contribution is -2.19. The number of carbonyl (C=O) groups excluding carboxylic acids is 1. The molecule has 2 N–H and O–H groups in total. The molecule has 0 aliphatic heterocycles. The van der Waals surface area contributed by atoms with Crippen LogP contribution < -0.4 is 10.6 Å². The minimum absolute atomic E-state index is 0.135. The predicted molar refractivity (Wildman–Crippen MR) is 82.7 cm³/mol. The highest BCUT2D eigenvalue weighted by atomic mass is 19.1. The molecule has 110 valence electrons. The van der Waals surface area contributed by atoms with Crippen molar-refractivity contribution in [3.63, 3.8) is 0 Å². The SMILES string of the molecule is CNC(C)c1ccccc1NC(=O)Cc1cccc(F)c1. The van der Waals surface area contributed by atoms with Crippen LogP contribution in [0.4, 0.5) is 10.1 Å². The summed E-state index contributed by atoms with van der Waals surface area (Å²) in [6, 6.07) is 13.9. The molecule has 0 spiro atoms. The van der Waals surface area contributed by atoms with E-state index >= 15 is 0 Å². The third-order valence-corrected chi connectivity index (χ3v) is 3.39. The van der Waals surface area contributed by atoms with Crippen molar-refractivity contribution in [1.29, 1.82) is 0 Å². The lowest BCUT2D eigenvalue weighted by molar-refractivity contribution is -0.115. The number of halogens is 1. The van der Waals surface area contributed by atoms with Crippen LogP contribution in [0, 0.1) is 5.82 Å². The lowest BCUT2D eigenvalue weighted by atomic mass is 10.1. The molecule has 0 aromatic heterocycles. The van der Waals surface area contributed by atoms with E-state index in [4.69, 9.17) is 0 Å². The van der Waals surface area contributed by atoms with E-state index in [1.165, 1.54) is 12.1 Å². The van der Waals surface area contributed by atoms with E-state index in [0.717, 1.165) is 11.3 Å². The summed E-state index contributed by atoms with van der Waals surface area (Å²) in [6.45, 7) is 2.03. The molecule has 0 saturated heterocycles. The molecule has 21 heavy (non-hydrogen) atoms. The van der Waals surface area contributed by atoms with Crippen LogP contribution in [0.25, 0.3) is 0 Å². The Bertz CT molecular complexity index is 628. The van der Waals surface area contributed by atoms with Gasteiger partial charge in [-0.3, -0.25) is 4.79 Å². The molecule has 0 aliphatic rings. The number of amides is 1. The van der Waals surface area contributed by atoms with Gasteiger partial charge in [0.1, 0.15) is 5.82 Å². The third kappa shape index (κ3) is 4.13. The molecule has 0 fully saturated rings. The summed E-state index contributed by atoms with van der Waals surface area (Å²) in [7, 11) is 1.87. The molecule has 0 aliphatic carbocycles. The third-order valence-electron chi connectivity index (χ3n) is 3.39. The molecule has 0 radical (unpaired) electrons. The topological polar surface area (TPSA) is 41.1 Å². The van der Waals surface area contributed by atoms with Crippen molar-refractivity contribution in [2.24, 2.45) is 0 Å². The quantitative estimate of drug-likeness (QED) is 0.885. The highest BCUT2D eigenvalue weighted by molar-refractivity contribution is 5.93. The molecule has 3 nitrogen and oxygen atoms in total. The largest absolute Gasteiger partial charge is 0.325 e.